The summed E-state index contributed by atoms with van der Waals surface area (Å²) in [6, 6.07) is 0. The lowest BCUT2D eigenvalue weighted by atomic mass is 10.4. The first-order chi connectivity index (χ1) is 8.38. The van der Waals surface area contributed by atoms with Gasteiger partial charge in [-0.3, -0.25) is 0 Å². The molecule has 0 radical (unpaired) electrons. The summed E-state index contributed by atoms with van der Waals surface area (Å²) in [5.74, 6) is 3.54. The molecule has 1 rings (SSSR count). The maximum Gasteiger partial charge on any atom is 0.122 e. The van der Waals surface area contributed by atoms with Gasteiger partial charge in [0.1, 0.15) is 5.82 Å². The monoisotopic (exact) mass is 257 g/mol. The molecular weight excluding hydrogens is 234 g/mol. The first-order valence-corrected chi connectivity index (χ1v) is 7.31. The summed E-state index contributed by atoms with van der Waals surface area (Å²) >= 11 is 1.99. The van der Waals surface area contributed by atoms with Crippen molar-refractivity contribution in [2.45, 2.75) is 26.4 Å². The third-order valence-electron chi connectivity index (χ3n) is 2.46. The topological polar surface area (TPSA) is 39.1 Å². The summed E-state index contributed by atoms with van der Waals surface area (Å²) in [4.78, 5) is 4.37. The number of aryl methyl sites for hydroxylation is 1. The number of thioether (sulfide) groups is 1. The van der Waals surface area contributed by atoms with Crippen molar-refractivity contribution in [1.82, 2.24) is 14.9 Å². The van der Waals surface area contributed by atoms with Crippen LogP contribution in [0.1, 0.15) is 19.2 Å². The third kappa shape index (κ3) is 6.10. The van der Waals surface area contributed by atoms with Crippen LogP contribution in [0.5, 0.6) is 0 Å². The van der Waals surface area contributed by atoms with Gasteiger partial charge in [0.05, 0.1) is 13.2 Å². The van der Waals surface area contributed by atoms with Gasteiger partial charge in [-0.15, -0.1) is 0 Å². The van der Waals surface area contributed by atoms with Crippen molar-refractivity contribution < 1.29 is 4.74 Å². The first-order valence-electron chi connectivity index (χ1n) is 6.16. The number of hydrogen-bond acceptors (Lipinski definition) is 4. The molecule has 1 aromatic rings. The number of methoxy groups -OCH3 is 1. The fraction of sp³-hybridized carbons (Fsp3) is 0.750. The number of hydrogen-bond donors (Lipinski definition) is 1. The van der Waals surface area contributed by atoms with E-state index >= 15 is 0 Å². The Morgan fingerprint density at radius 2 is 2.41 bits per heavy atom. The van der Waals surface area contributed by atoms with Crippen molar-refractivity contribution in [3.63, 3.8) is 0 Å². The van der Waals surface area contributed by atoms with E-state index in [9.17, 15) is 0 Å². The molecule has 0 aromatic carbocycles. The molecule has 0 fully saturated rings. The molecule has 1 heterocycles. The molecule has 0 spiro atoms. The van der Waals surface area contributed by atoms with Crippen LogP contribution >= 0.6 is 11.8 Å². The molecule has 0 aliphatic carbocycles. The molecule has 0 atom stereocenters. The van der Waals surface area contributed by atoms with Crippen LogP contribution in [0.4, 0.5) is 0 Å². The smallest absolute Gasteiger partial charge is 0.122 e. The van der Waals surface area contributed by atoms with Crippen LogP contribution in [0.15, 0.2) is 12.4 Å². The summed E-state index contributed by atoms with van der Waals surface area (Å²) in [7, 11) is 1.72. The van der Waals surface area contributed by atoms with Gasteiger partial charge in [-0.2, -0.15) is 11.8 Å². The van der Waals surface area contributed by atoms with Gasteiger partial charge in [0.2, 0.25) is 0 Å². The zero-order valence-electron chi connectivity index (χ0n) is 10.8. The predicted octanol–water partition coefficient (Wildman–Crippen LogP) is 1.76. The van der Waals surface area contributed by atoms with Gasteiger partial charge >= 0.3 is 0 Å². The number of ether oxygens (including phenoxy) is 1. The lowest BCUT2D eigenvalue weighted by Crippen LogP contribution is -2.21. The van der Waals surface area contributed by atoms with Gasteiger partial charge in [-0.05, 0) is 17.9 Å². The largest absolute Gasteiger partial charge is 0.383 e. The number of nitrogens with zero attached hydrogens (tertiary/aromatic N) is 2. The van der Waals surface area contributed by atoms with E-state index in [0.29, 0.717) is 0 Å². The minimum Gasteiger partial charge on any atom is -0.383 e. The van der Waals surface area contributed by atoms with Crippen LogP contribution in [0, 0.1) is 0 Å². The van der Waals surface area contributed by atoms with Crippen LogP contribution in [-0.4, -0.2) is 41.3 Å². The number of rotatable bonds is 10. The number of aromatic nitrogens is 2. The molecule has 4 nitrogen and oxygen atoms in total. The quantitative estimate of drug-likeness (QED) is 0.648. The minimum absolute atomic E-state index is 0.744. The highest BCUT2D eigenvalue weighted by atomic mass is 32.2. The minimum atomic E-state index is 0.744. The SMILES string of the molecule is CCSCCCn1ccnc1CNCCOC. The normalized spacial score (nSPS) is 10.9. The van der Waals surface area contributed by atoms with Gasteiger partial charge in [-0.1, -0.05) is 6.92 Å². The Kier molecular flexibility index (Phi) is 8.13. The maximum absolute atomic E-state index is 4.99. The summed E-state index contributed by atoms with van der Waals surface area (Å²) < 4.78 is 7.22. The Hall–Kier alpha value is -0.520. The highest BCUT2D eigenvalue weighted by molar-refractivity contribution is 7.99. The molecule has 0 amide bonds. The second kappa shape index (κ2) is 9.50. The fourth-order valence-corrected chi connectivity index (χ4v) is 2.19. The number of imidazole rings is 1. The summed E-state index contributed by atoms with van der Waals surface area (Å²) in [5, 5.41) is 3.32. The van der Waals surface area contributed by atoms with E-state index in [0.717, 1.165) is 32.1 Å². The average molecular weight is 257 g/mol. The van der Waals surface area contributed by atoms with Crippen molar-refractivity contribution in [3.8, 4) is 0 Å². The van der Waals surface area contributed by atoms with E-state index < -0.39 is 0 Å². The number of nitrogens with one attached hydrogen (secondary N) is 1. The average Bonchev–Trinajstić information content (AvgIpc) is 2.78. The van der Waals surface area contributed by atoms with Crippen LogP contribution < -0.4 is 5.32 Å². The molecule has 1 aromatic heterocycles. The van der Waals surface area contributed by atoms with E-state index in [1.54, 1.807) is 7.11 Å². The molecule has 17 heavy (non-hydrogen) atoms. The van der Waals surface area contributed by atoms with E-state index in [2.05, 4.69) is 28.0 Å². The molecular formula is C12H23N3OS. The molecule has 1 N–H and O–H groups in total. The summed E-state index contributed by atoms with van der Waals surface area (Å²) in [6.45, 7) is 5.70. The van der Waals surface area contributed by atoms with Crippen molar-refractivity contribution >= 4 is 11.8 Å². The highest BCUT2D eigenvalue weighted by Crippen LogP contribution is 2.04. The molecule has 0 aliphatic rings. The van der Waals surface area contributed by atoms with Gasteiger partial charge in [0.15, 0.2) is 0 Å². The first kappa shape index (κ1) is 14.5. The second-order valence-electron chi connectivity index (χ2n) is 3.76. The van der Waals surface area contributed by atoms with Gasteiger partial charge in [-0.25, -0.2) is 4.98 Å². The molecule has 5 heteroatoms. The van der Waals surface area contributed by atoms with Crippen LogP contribution in [0.2, 0.25) is 0 Å². The van der Waals surface area contributed by atoms with E-state index in [-0.39, 0.29) is 0 Å². The molecule has 0 bridgehead atoms. The van der Waals surface area contributed by atoms with Crippen molar-refractivity contribution in [2.75, 3.05) is 31.8 Å². The molecule has 0 saturated heterocycles. The van der Waals surface area contributed by atoms with Crippen molar-refractivity contribution in [1.29, 1.82) is 0 Å². The fourth-order valence-electron chi connectivity index (χ4n) is 1.57. The van der Waals surface area contributed by atoms with Crippen LogP contribution in [-0.2, 0) is 17.8 Å². The van der Waals surface area contributed by atoms with Gasteiger partial charge in [0, 0.05) is 32.6 Å². The van der Waals surface area contributed by atoms with Crippen molar-refractivity contribution in [3.05, 3.63) is 18.2 Å². The molecule has 0 aliphatic heterocycles. The maximum atomic E-state index is 4.99. The van der Waals surface area contributed by atoms with Gasteiger partial charge < -0.3 is 14.6 Å². The zero-order chi connectivity index (χ0) is 12.3. The summed E-state index contributed by atoms with van der Waals surface area (Å²) in [6.07, 6.45) is 5.14. The van der Waals surface area contributed by atoms with E-state index in [1.807, 2.05) is 18.0 Å². The zero-order valence-corrected chi connectivity index (χ0v) is 11.6. The molecule has 0 saturated carbocycles. The van der Waals surface area contributed by atoms with Crippen molar-refractivity contribution in [2.24, 2.45) is 0 Å². The third-order valence-corrected chi connectivity index (χ3v) is 3.45. The predicted molar refractivity (Wildman–Crippen MR) is 73.4 cm³/mol. The Labute approximate surface area is 108 Å². The highest BCUT2D eigenvalue weighted by Gasteiger charge is 2.01. The lowest BCUT2D eigenvalue weighted by molar-refractivity contribution is 0.199. The Morgan fingerprint density at radius 1 is 1.53 bits per heavy atom. The Morgan fingerprint density at radius 3 is 3.18 bits per heavy atom. The Bertz CT molecular complexity index is 265. The van der Waals surface area contributed by atoms with Gasteiger partial charge in [0.25, 0.3) is 0 Å². The van der Waals surface area contributed by atoms with E-state index in [1.165, 1.54) is 17.9 Å². The Balaban J connectivity index is 2.22. The second-order valence-corrected chi connectivity index (χ2v) is 5.15. The lowest BCUT2D eigenvalue weighted by Gasteiger charge is -2.08. The summed E-state index contributed by atoms with van der Waals surface area (Å²) in [5.41, 5.74) is 0. The molecule has 98 valence electrons. The van der Waals surface area contributed by atoms with Crippen LogP contribution in [0.3, 0.4) is 0 Å². The van der Waals surface area contributed by atoms with Crippen LogP contribution in [0.25, 0.3) is 0 Å². The molecule has 0 unspecified atom stereocenters. The standard InChI is InChI=1S/C12H23N3OS/c1-3-17-10-4-7-15-8-5-14-12(15)11-13-6-9-16-2/h5,8,13H,3-4,6-7,9-11H2,1-2H3. The van der Waals surface area contributed by atoms with E-state index in [4.69, 9.17) is 4.74 Å².